The molecule has 0 aliphatic heterocycles. The highest BCUT2D eigenvalue weighted by Gasteiger charge is 2.14. The van der Waals surface area contributed by atoms with Gasteiger partial charge in [-0.2, -0.15) is 5.10 Å². The number of nitrogen functional groups attached to an aromatic ring is 1. The number of anilines is 1. The summed E-state index contributed by atoms with van der Waals surface area (Å²) in [6.07, 6.45) is 1.75. The number of hydrogen-bond donors (Lipinski definition) is 1. The smallest absolute Gasteiger partial charge is 0.129 e. The van der Waals surface area contributed by atoms with E-state index in [9.17, 15) is 0 Å². The minimum Gasteiger partial charge on any atom is -0.383 e. The van der Waals surface area contributed by atoms with Crippen LogP contribution in [0.1, 0.15) is 11.1 Å². The summed E-state index contributed by atoms with van der Waals surface area (Å²) in [6, 6.07) is 3.90. The molecule has 0 aliphatic carbocycles. The van der Waals surface area contributed by atoms with Crippen molar-refractivity contribution in [3.63, 3.8) is 0 Å². The Morgan fingerprint density at radius 1 is 1.31 bits per heavy atom. The van der Waals surface area contributed by atoms with E-state index < -0.39 is 0 Å². The van der Waals surface area contributed by atoms with Crippen LogP contribution in [0.25, 0.3) is 11.1 Å². The summed E-state index contributed by atoms with van der Waals surface area (Å²) >= 11 is 6.22. The number of aryl methyl sites for hydroxylation is 2. The number of aromatic nitrogens is 2. The third-order valence-corrected chi connectivity index (χ3v) is 3.25. The lowest BCUT2D eigenvalue weighted by Gasteiger charge is -2.10. The highest BCUT2D eigenvalue weighted by atomic mass is 35.5. The van der Waals surface area contributed by atoms with Gasteiger partial charge in [0, 0.05) is 23.2 Å². The van der Waals surface area contributed by atoms with Crippen LogP contribution in [0.5, 0.6) is 0 Å². The first-order chi connectivity index (χ1) is 7.52. The monoisotopic (exact) mass is 235 g/mol. The Balaban J connectivity index is 2.73. The van der Waals surface area contributed by atoms with Crippen molar-refractivity contribution in [3.8, 4) is 11.1 Å². The van der Waals surface area contributed by atoms with Gasteiger partial charge in [0.05, 0.1) is 6.20 Å². The molecule has 2 rings (SSSR count). The largest absolute Gasteiger partial charge is 0.383 e. The van der Waals surface area contributed by atoms with Crippen LogP contribution in [0.15, 0.2) is 18.3 Å². The summed E-state index contributed by atoms with van der Waals surface area (Å²) in [5.74, 6) is 0.635. The molecule has 2 aromatic rings. The maximum atomic E-state index is 6.22. The summed E-state index contributed by atoms with van der Waals surface area (Å²) < 4.78 is 1.65. The molecule has 1 aromatic heterocycles. The number of rotatable bonds is 1. The molecule has 84 valence electrons. The summed E-state index contributed by atoms with van der Waals surface area (Å²) in [5, 5.41) is 4.85. The first kappa shape index (κ1) is 11.0. The van der Waals surface area contributed by atoms with Gasteiger partial charge in [-0.05, 0) is 31.0 Å². The Hall–Kier alpha value is -1.48. The third kappa shape index (κ3) is 1.57. The van der Waals surface area contributed by atoms with Crippen molar-refractivity contribution in [2.45, 2.75) is 13.8 Å². The fraction of sp³-hybridized carbons (Fsp3) is 0.250. The van der Waals surface area contributed by atoms with Crippen LogP contribution in [0.4, 0.5) is 5.82 Å². The molecule has 0 fully saturated rings. The van der Waals surface area contributed by atoms with Crippen LogP contribution in [0.3, 0.4) is 0 Å². The highest BCUT2D eigenvalue weighted by Crippen LogP contribution is 2.35. The molecule has 0 saturated carbocycles. The van der Waals surface area contributed by atoms with Gasteiger partial charge in [-0.1, -0.05) is 17.7 Å². The first-order valence-electron chi connectivity index (χ1n) is 5.06. The Morgan fingerprint density at radius 2 is 2.00 bits per heavy atom. The number of hydrogen-bond acceptors (Lipinski definition) is 2. The number of nitrogens with zero attached hydrogens (tertiary/aromatic N) is 2. The molecule has 0 aliphatic rings. The molecule has 0 radical (unpaired) electrons. The van der Waals surface area contributed by atoms with Gasteiger partial charge in [-0.3, -0.25) is 4.68 Å². The molecule has 2 N–H and O–H groups in total. The topological polar surface area (TPSA) is 43.8 Å². The Labute approximate surface area is 99.8 Å². The zero-order valence-electron chi connectivity index (χ0n) is 9.58. The molecule has 0 amide bonds. The van der Waals surface area contributed by atoms with Crippen molar-refractivity contribution in [1.82, 2.24) is 9.78 Å². The van der Waals surface area contributed by atoms with E-state index in [0.29, 0.717) is 10.8 Å². The number of halogens is 1. The van der Waals surface area contributed by atoms with Gasteiger partial charge >= 0.3 is 0 Å². The van der Waals surface area contributed by atoms with Crippen molar-refractivity contribution < 1.29 is 0 Å². The molecule has 16 heavy (non-hydrogen) atoms. The third-order valence-electron chi connectivity index (χ3n) is 2.94. The zero-order chi connectivity index (χ0) is 11.9. The van der Waals surface area contributed by atoms with Gasteiger partial charge in [0.2, 0.25) is 0 Å². The Bertz CT molecular complexity index is 543. The minimum absolute atomic E-state index is 0.635. The maximum absolute atomic E-state index is 6.22. The standard InChI is InChI=1S/C12H14ClN3/c1-7-4-5-10(13)11(8(7)2)9-6-15-16(3)12(9)14/h4-6H,14H2,1-3H3. The Kier molecular flexibility index (Phi) is 2.64. The fourth-order valence-corrected chi connectivity index (χ4v) is 2.06. The van der Waals surface area contributed by atoms with E-state index in [1.54, 1.807) is 10.9 Å². The van der Waals surface area contributed by atoms with E-state index in [1.807, 2.05) is 26.1 Å². The van der Waals surface area contributed by atoms with Crippen molar-refractivity contribution >= 4 is 17.4 Å². The predicted molar refractivity (Wildman–Crippen MR) is 67.5 cm³/mol. The molecule has 1 aromatic carbocycles. The lowest BCUT2D eigenvalue weighted by Crippen LogP contribution is -1.99. The van der Waals surface area contributed by atoms with Crippen LogP contribution in [-0.4, -0.2) is 9.78 Å². The predicted octanol–water partition coefficient (Wildman–Crippen LogP) is 2.94. The summed E-state index contributed by atoms with van der Waals surface area (Å²) in [7, 11) is 1.82. The van der Waals surface area contributed by atoms with Crippen molar-refractivity contribution in [1.29, 1.82) is 0 Å². The summed E-state index contributed by atoms with van der Waals surface area (Å²) in [5.41, 5.74) is 10.2. The highest BCUT2D eigenvalue weighted by molar-refractivity contribution is 6.33. The lowest BCUT2D eigenvalue weighted by molar-refractivity contribution is 0.779. The van der Waals surface area contributed by atoms with Crippen LogP contribution >= 0.6 is 11.6 Å². The van der Waals surface area contributed by atoms with Crippen molar-refractivity contribution in [3.05, 3.63) is 34.5 Å². The van der Waals surface area contributed by atoms with Gasteiger partial charge in [0.15, 0.2) is 0 Å². The molecule has 1 heterocycles. The van der Waals surface area contributed by atoms with Crippen LogP contribution < -0.4 is 5.73 Å². The fourth-order valence-electron chi connectivity index (χ4n) is 1.75. The van der Waals surface area contributed by atoms with Crippen LogP contribution in [0.2, 0.25) is 5.02 Å². The molecule has 0 bridgehead atoms. The van der Waals surface area contributed by atoms with E-state index in [4.69, 9.17) is 17.3 Å². The van der Waals surface area contributed by atoms with Crippen LogP contribution in [0, 0.1) is 13.8 Å². The van der Waals surface area contributed by atoms with E-state index in [0.717, 1.165) is 16.7 Å². The molecule has 0 spiro atoms. The van der Waals surface area contributed by atoms with Crippen molar-refractivity contribution in [2.24, 2.45) is 7.05 Å². The molecule has 0 unspecified atom stereocenters. The quantitative estimate of drug-likeness (QED) is 0.826. The van der Waals surface area contributed by atoms with E-state index in [1.165, 1.54) is 5.56 Å². The minimum atomic E-state index is 0.635. The van der Waals surface area contributed by atoms with E-state index >= 15 is 0 Å². The SMILES string of the molecule is Cc1ccc(Cl)c(-c2cnn(C)c2N)c1C. The lowest BCUT2D eigenvalue weighted by atomic mass is 9.98. The summed E-state index contributed by atoms with van der Waals surface area (Å²) in [6.45, 7) is 4.10. The van der Waals surface area contributed by atoms with Crippen molar-refractivity contribution in [2.75, 3.05) is 5.73 Å². The van der Waals surface area contributed by atoms with E-state index in [-0.39, 0.29) is 0 Å². The number of benzene rings is 1. The van der Waals surface area contributed by atoms with E-state index in [2.05, 4.69) is 12.0 Å². The molecule has 0 saturated heterocycles. The van der Waals surface area contributed by atoms with Gasteiger partial charge in [0.1, 0.15) is 5.82 Å². The van der Waals surface area contributed by atoms with Crippen LogP contribution in [-0.2, 0) is 7.05 Å². The second kappa shape index (κ2) is 3.83. The average molecular weight is 236 g/mol. The first-order valence-corrected chi connectivity index (χ1v) is 5.43. The molecule has 4 heteroatoms. The second-order valence-corrected chi connectivity index (χ2v) is 4.34. The summed E-state index contributed by atoms with van der Waals surface area (Å²) in [4.78, 5) is 0. The second-order valence-electron chi connectivity index (χ2n) is 3.93. The Morgan fingerprint density at radius 3 is 2.56 bits per heavy atom. The maximum Gasteiger partial charge on any atom is 0.129 e. The van der Waals surface area contributed by atoms with Gasteiger partial charge in [0.25, 0.3) is 0 Å². The number of nitrogens with two attached hydrogens (primary N) is 1. The molecule has 0 atom stereocenters. The van der Waals surface area contributed by atoms with Gasteiger partial charge in [-0.25, -0.2) is 0 Å². The molecule has 3 nitrogen and oxygen atoms in total. The van der Waals surface area contributed by atoms with Gasteiger partial charge in [-0.15, -0.1) is 0 Å². The molecular formula is C12H14ClN3. The zero-order valence-corrected chi connectivity index (χ0v) is 10.3. The van der Waals surface area contributed by atoms with Gasteiger partial charge < -0.3 is 5.73 Å². The normalized spacial score (nSPS) is 10.8. The molecular weight excluding hydrogens is 222 g/mol. The average Bonchev–Trinajstić information content (AvgIpc) is 2.56.